The standard InChI is InChI=1S/C23H19N3O5/c1-23(15-9-10-18-19(11-15)31-13-30-18)21(28)26(22(29)25-23)12-20(27)24-17-8-4-6-14-5-2-3-7-16(14)17/h2-11H,12-13H2,1H3,(H,24,27)(H,25,29)/t23-/m1/s1. The lowest BCUT2D eigenvalue weighted by molar-refractivity contribution is -0.133. The van der Waals surface area contributed by atoms with E-state index in [0.29, 0.717) is 22.7 Å². The summed E-state index contributed by atoms with van der Waals surface area (Å²) in [5, 5.41) is 7.36. The minimum absolute atomic E-state index is 0.107. The van der Waals surface area contributed by atoms with Crippen molar-refractivity contribution in [2.75, 3.05) is 18.7 Å². The molecule has 0 aromatic heterocycles. The Labute approximate surface area is 177 Å². The number of anilines is 1. The molecule has 1 fully saturated rings. The van der Waals surface area contributed by atoms with Gasteiger partial charge in [0.2, 0.25) is 12.7 Å². The van der Waals surface area contributed by atoms with Gasteiger partial charge in [0.25, 0.3) is 5.91 Å². The van der Waals surface area contributed by atoms with Crippen molar-refractivity contribution in [3.8, 4) is 11.5 Å². The van der Waals surface area contributed by atoms with Gasteiger partial charge in [-0.1, -0.05) is 42.5 Å². The van der Waals surface area contributed by atoms with Gasteiger partial charge in [-0.05, 0) is 36.1 Å². The number of amides is 4. The second-order valence-electron chi connectivity index (χ2n) is 7.59. The molecule has 2 N–H and O–H groups in total. The molecule has 0 unspecified atom stereocenters. The number of hydrogen-bond acceptors (Lipinski definition) is 5. The average molecular weight is 417 g/mol. The van der Waals surface area contributed by atoms with E-state index in [0.717, 1.165) is 15.7 Å². The van der Waals surface area contributed by atoms with Crippen LogP contribution >= 0.6 is 0 Å². The zero-order valence-electron chi connectivity index (χ0n) is 16.7. The Hall–Kier alpha value is -4.07. The highest BCUT2D eigenvalue weighted by molar-refractivity contribution is 6.11. The number of rotatable bonds is 4. The van der Waals surface area contributed by atoms with E-state index in [1.54, 1.807) is 31.2 Å². The van der Waals surface area contributed by atoms with Gasteiger partial charge in [-0.2, -0.15) is 0 Å². The molecule has 0 spiro atoms. The number of fused-ring (bicyclic) bond motifs is 2. The number of urea groups is 1. The first-order valence-corrected chi connectivity index (χ1v) is 9.77. The van der Waals surface area contributed by atoms with Crippen LogP contribution in [0.4, 0.5) is 10.5 Å². The van der Waals surface area contributed by atoms with E-state index in [1.165, 1.54) is 0 Å². The van der Waals surface area contributed by atoms with Gasteiger partial charge in [-0.25, -0.2) is 4.79 Å². The van der Waals surface area contributed by atoms with Crippen LogP contribution in [-0.4, -0.2) is 36.1 Å². The fourth-order valence-corrected chi connectivity index (χ4v) is 3.91. The summed E-state index contributed by atoms with van der Waals surface area (Å²) in [6, 6.07) is 17.6. The Balaban J connectivity index is 1.35. The molecule has 0 aliphatic carbocycles. The maximum absolute atomic E-state index is 13.1. The molecule has 1 atom stereocenters. The van der Waals surface area contributed by atoms with Crippen molar-refractivity contribution in [1.82, 2.24) is 10.2 Å². The van der Waals surface area contributed by atoms with E-state index in [2.05, 4.69) is 10.6 Å². The molecule has 2 heterocycles. The highest BCUT2D eigenvalue weighted by Gasteiger charge is 2.49. The third kappa shape index (κ3) is 3.13. The smallest absolute Gasteiger partial charge is 0.325 e. The maximum atomic E-state index is 13.1. The Bertz CT molecular complexity index is 1240. The zero-order valence-corrected chi connectivity index (χ0v) is 16.7. The molecular formula is C23H19N3O5. The quantitative estimate of drug-likeness (QED) is 0.636. The van der Waals surface area contributed by atoms with E-state index in [1.807, 2.05) is 36.4 Å². The molecule has 31 heavy (non-hydrogen) atoms. The molecule has 0 saturated carbocycles. The van der Waals surface area contributed by atoms with Crippen LogP contribution < -0.4 is 20.1 Å². The molecule has 2 aliphatic heterocycles. The molecule has 2 aliphatic rings. The first-order chi connectivity index (χ1) is 15.0. The van der Waals surface area contributed by atoms with Crippen LogP contribution in [0, 0.1) is 0 Å². The Kier molecular flexibility index (Phi) is 4.28. The van der Waals surface area contributed by atoms with E-state index in [9.17, 15) is 14.4 Å². The molecule has 8 nitrogen and oxygen atoms in total. The summed E-state index contributed by atoms with van der Waals surface area (Å²) < 4.78 is 10.7. The van der Waals surface area contributed by atoms with Crippen molar-refractivity contribution >= 4 is 34.3 Å². The highest BCUT2D eigenvalue weighted by Crippen LogP contribution is 2.37. The van der Waals surface area contributed by atoms with Crippen LogP contribution in [0.1, 0.15) is 12.5 Å². The van der Waals surface area contributed by atoms with Gasteiger partial charge in [0.1, 0.15) is 12.1 Å². The van der Waals surface area contributed by atoms with Crippen molar-refractivity contribution in [2.45, 2.75) is 12.5 Å². The number of nitrogens with one attached hydrogen (secondary N) is 2. The van der Waals surface area contributed by atoms with Crippen LogP contribution in [0.25, 0.3) is 10.8 Å². The lowest BCUT2D eigenvalue weighted by Gasteiger charge is -2.22. The zero-order chi connectivity index (χ0) is 21.6. The molecule has 5 rings (SSSR count). The Morgan fingerprint density at radius 1 is 1.06 bits per heavy atom. The van der Waals surface area contributed by atoms with Crippen molar-refractivity contribution in [2.24, 2.45) is 0 Å². The maximum Gasteiger partial charge on any atom is 0.325 e. The Morgan fingerprint density at radius 2 is 1.84 bits per heavy atom. The summed E-state index contributed by atoms with van der Waals surface area (Å²) in [5.74, 6) is 0.114. The molecule has 0 radical (unpaired) electrons. The van der Waals surface area contributed by atoms with E-state index in [4.69, 9.17) is 9.47 Å². The van der Waals surface area contributed by atoms with Crippen LogP contribution in [-0.2, 0) is 15.1 Å². The largest absolute Gasteiger partial charge is 0.454 e. The van der Waals surface area contributed by atoms with Gasteiger partial charge in [-0.15, -0.1) is 0 Å². The van der Waals surface area contributed by atoms with Gasteiger partial charge in [0.15, 0.2) is 11.5 Å². The lowest BCUT2D eigenvalue weighted by Crippen LogP contribution is -2.42. The van der Waals surface area contributed by atoms with Gasteiger partial charge in [-0.3, -0.25) is 14.5 Å². The van der Waals surface area contributed by atoms with E-state index in [-0.39, 0.29) is 6.79 Å². The average Bonchev–Trinajstić information content (AvgIpc) is 3.32. The second-order valence-corrected chi connectivity index (χ2v) is 7.59. The molecule has 3 aromatic rings. The number of benzene rings is 3. The van der Waals surface area contributed by atoms with Crippen molar-refractivity contribution in [3.63, 3.8) is 0 Å². The first kappa shape index (κ1) is 18.9. The van der Waals surface area contributed by atoms with E-state index >= 15 is 0 Å². The molecule has 4 amide bonds. The molecule has 3 aromatic carbocycles. The number of carbonyl (C=O) groups is 3. The van der Waals surface area contributed by atoms with Gasteiger partial charge >= 0.3 is 6.03 Å². The minimum Gasteiger partial charge on any atom is -0.454 e. The molecule has 1 saturated heterocycles. The number of ether oxygens (including phenoxy) is 2. The summed E-state index contributed by atoms with van der Waals surface area (Å²) in [7, 11) is 0. The Morgan fingerprint density at radius 3 is 2.71 bits per heavy atom. The van der Waals surface area contributed by atoms with E-state index < -0.39 is 29.9 Å². The third-order valence-corrected chi connectivity index (χ3v) is 5.59. The first-order valence-electron chi connectivity index (χ1n) is 9.77. The van der Waals surface area contributed by atoms with Crippen LogP contribution in [0.5, 0.6) is 11.5 Å². The van der Waals surface area contributed by atoms with Crippen LogP contribution in [0.3, 0.4) is 0 Å². The van der Waals surface area contributed by atoms with Gasteiger partial charge in [0, 0.05) is 11.1 Å². The van der Waals surface area contributed by atoms with Gasteiger partial charge < -0.3 is 20.1 Å². The fraction of sp³-hybridized carbons (Fsp3) is 0.174. The minimum atomic E-state index is -1.31. The normalized spacial score (nSPS) is 19.6. The molecular weight excluding hydrogens is 398 g/mol. The summed E-state index contributed by atoms with van der Waals surface area (Å²) in [4.78, 5) is 39.3. The van der Waals surface area contributed by atoms with Crippen LogP contribution in [0.15, 0.2) is 60.7 Å². The van der Waals surface area contributed by atoms with Crippen molar-refractivity contribution in [1.29, 1.82) is 0 Å². The predicted molar refractivity (Wildman–Crippen MR) is 113 cm³/mol. The van der Waals surface area contributed by atoms with Crippen molar-refractivity contribution in [3.05, 3.63) is 66.2 Å². The lowest BCUT2D eigenvalue weighted by atomic mass is 9.91. The SMILES string of the molecule is C[C@]1(c2ccc3c(c2)OCO3)NC(=O)N(CC(=O)Nc2cccc3ccccc23)C1=O. The van der Waals surface area contributed by atoms with Crippen LogP contribution in [0.2, 0.25) is 0 Å². The summed E-state index contributed by atoms with van der Waals surface area (Å²) in [6.07, 6.45) is 0. The summed E-state index contributed by atoms with van der Waals surface area (Å²) in [5.41, 5.74) is -0.140. The van der Waals surface area contributed by atoms with Gasteiger partial charge in [0.05, 0.1) is 0 Å². The number of hydrogen-bond donors (Lipinski definition) is 2. The third-order valence-electron chi connectivity index (χ3n) is 5.59. The number of carbonyl (C=O) groups excluding carboxylic acids is 3. The predicted octanol–water partition coefficient (Wildman–Crippen LogP) is 2.97. The summed E-state index contributed by atoms with van der Waals surface area (Å²) >= 11 is 0. The highest BCUT2D eigenvalue weighted by atomic mass is 16.7. The summed E-state index contributed by atoms with van der Waals surface area (Å²) in [6.45, 7) is 1.32. The number of imide groups is 1. The number of nitrogens with zero attached hydrogens (tertiary/aromatic N) is 1. The van der Waals surface area contributed by atoms with Crippen molar-refractivity contribution < 1.29 is 23.9 Å². The molecule has 156 valence electrons. The second kappa shape index (κ2) is 7.02. The molecule has 0 bridgehead atoms. The monoisotopic (exact) mass is 417 g/mol. The fourth-order valence-electron chi connectivity index (χ4n) is 3.91. The topological polar surface area (TPSA) is 97.0 Å². The molecule has 8 heteroatoms.